The number of primary amides is 1. The first kappa shape index (κ1) is 19.4. The van der Waals surface area contributed by atoms with Crippen molar-refractivity contribution in [2.24, 2.45) is 5.73 Å². The molecule has 1 aliphatic heterocycles. The molecule has 0 radical (unpaired) electrons. The Hall–Kier alpha value is -2.90. The van der Waals surface area contributed by atoms with Gasteiger partial charge in [-0.25, -0.2) is 4.79 Å². The normalized spacial score (nSPS) is 16.7. The topological polar surface area (TPSA) is 116 Å². The number of rotatable bonds is 7. The van der Waals surface area contributed by atoms with Gasteiger partial charge in [0.2, 0.25) is 5.91 Å². The fourth-order valence-electron chi connectivity index (χ4n) is 2.72. The molecule has 2 N–H and O–H groups in total. The third kappa shape index (κ3) is 5.30. The first-order valence-electron chi connectivity index (χ1n) is 8.36. The highest BCUT2D eigenvalue weighted by atomic mass is 16.6. The fourth-order valence-corrected chi connectivity index (χ4v) is 2.72. The number of nitrogens with zero attached hydrogens (tertiary/aromatic N) is 1. The zero-order valence-corrected chi connectivity index (χ0v) is 14.6. The van der Waals surface area contributed by atoms with Crippen molar-refractivity contribution < 1.29 is 28.7 Å². The van der Waals surface area contributed by atoms with Gasteiger partial charge in [-0.05, 0) is 50.5 Å². The van der Waals surface area contributed by atoms with E-state index < -0.39 is 30.4 Å². The molecule has 140 valence electrons. The van der Waals surface area contributed by atoms with Crippen molar-refractivity contribution in [1.29, 1.82) is 0 Å². The van der Waals surface area contributed by atoms with Crippen LogP contribution in [0.25, 0.3) is 0 Å². The second-order valence-corrected chi connectivity index (χ2v) is 6.03. The largest absolute Gasteiger partial charge is 0.482 e. The molecule has 1 atom stereocenters. The molecule has 0 unspecified atom stereocenters. The summed E-state index contributed by atoms with van der Waals surface area (Å²) in [4.78, 5) is 47.9. The van der Waals surface area contributed by atoms with Gasteiger partial charge in [-0.3, -0.25) is 14.4 Å². The number of carbonyl (C=O) groups excluding carboxylic acids is 4. The summed E-state index contributed by atoms with van der Waals surface area (Å²) in [7, 11) is 0. The van der Waals surface area contributed by atoms with Crippen molar-refractivity contribution in [3.05, 3.63) is 29.8 Å². The first-order valence-corrected chi connectivity index (χ1v) is 8.36. The molecule has 1 aromatic rings. The Morgan fingerprint density at radius 3 is 2.42 bits per heavy atom. The number of Topliss-reactive ketones (excluding diaryl/α,β-unsaturated/α-hetero) is 1. The quantitative estimate of drug-likeness (QED) is 0.563. The van der Waals surface area contributed by atoms with Gasteiger partial charge in [-0.15, -0.1) is 0 Å². The molecule has 0 spiro atoms. The number of piperidine rings is 1. The molecule has 26 heavy (non-hydrogen) atoms. The number of carbonyl (C=O) groups is 4. The van der Waals surface area contributed by atoms with Crippen LogP contribution in [0.1, 0.15) is 36.5 Å². The van der Waals surface area contributed by atoms with Crippen LogP contribution in [0.4, 0.5) is 0 Å². The second-order valence-electron chi connectivity index (χ2n) is 6.03. The van der Waals surface area contributed by atoms with Gasteiger partial charge in [-0.1, -0.05) is 0 Å². The minimum Gasteiger partial charge on any atom is -0.482 e. The van der Waals surface area contributed by atoms with Crippen LogP contribution in [0.3, 0.4) is 0 Å². The Labute approximate surface area is 151 Å². The maximum Gasteiger partial charge on any atom is 0.344 e. The molecule has 2 amide bonds. The van der Waals surface area contributed by atoms with Crippen LogP contribution in [0.15, 0.2) is 24.3 Å². The summed E-state index contributed by atoms with van der Waals surface area (Å²) in [6, 6.07) is 5.67. The predicted molar refractivity (Wildman–Crippen MR) is 91.4 cm³/mol. The lowest BCUT2D eigenvalue weighted by atomic mass is 10.0. The van der Waals surface area contributed by atoms with Gasteiger partial charge in [0, 0.05) is 12.1 Å². The number of benzene rings is 1. The summed E-state index contributed by atoms with van der Waals surface area (Å²) in [5, 5.41) is 0. The number of ketones is 1. The Balaban J connectivity index is 1.78. The van der Waals surface area contributed by atoms with Gasteiger partial charge in [-0.2, -0.15) is 0 Å². The number of hydrogen-bond donors (Lipinski definition) is 1. The molecule has 0 saturated carbocycles. The van der Waals surface area contributed by atoms with Crippen LogP contribution in [0, 0.1) is 0 Å². The molecule has 0 aliphatic carbocycles. The highest BCUT2D eigenvalue weighted by Gasteiger charge is 2.30. The van der Waals surface area contributed by atoms with Crippen molar-refractivity contribution in [3.63, 3.8) is 0 Å². The molecule has 1 aromatic carbocycles. The predicted octanol–water partition coefficient (Wildman–Crippen LogP) is 0.678. The lowest BCUT2D eigenvalue weighted by molar-refractivity contribution is -0.156. The van der Waals surface area contributed by atoms with E-state index >= 15 is 0 Å². The van der Waals surface area contributed by atoms with Gasteiger partial charge in [0.25, 0.3) is 5.91 Å². The van der Waals surface area contributed by atoms with Crippen molar-refractivity contribution >= 4 is 23.6 Å². The van der Waals surface area contributed by atoms with Crippen LogP contribution in [-0.2, 0) is 19.1 Å². The third-order valence-electron chi connectivity index (χ3n) is 4.13. The summed E-state index contributed by atoms with van der Waals surface area (Å²) < 4.78 is 10.2. The molecule has 8 heteroatoms. The van der Waals surface area contributed by atoms with Gasteiger partial charge >= 0.3 is 5.97 Å². The molecular formula is C18H22N2O6. The highest BCUT2D eigenvalue weighted by molar-refractivity contribution is 5.94. The van der Waals surface area contributed by atoms with E-state index in [4.69, 9.17) is 15.2 Å². The summed E-state index contributed by atoms with van der Waals surface area (Å²) in [6.07, 6.45) is 2.13. The average Bonchev–Trinajstić information content (AvgIpc) is 2.64. The van der Waals surface area contributed by atoms with E-state index in [-0.39, 0.29) is 12.4 Å². The Kier molecular flexibility index (Phi) is 6.71. The molecular weight excluding hydrogens is 340 g/mol. The average molecular weight is 362 g/mol. The highest BCUT2D eigenvalue weighted by Crippen LogP contribution is 2.17. The lowest BCUT2D eigenvalue weighted by Crippen LogP contribution is -2.51. The van der Waals surface area contributed by atoms with E-state index in [0.717, 1.165) is 12.8 Å². The molecule has 8 nitrogen and oxygen atoms in total. The van der Waals surface area contributed by atoms with Gasteiger partial charge in [0.05, 0.1) is 0 Å². The van der Waals surface area contributed by atoms with E-state index in [1.807, 2.05) is 0 Å². The monoisotopic (exact) mass is 362 g/mol. The van der Waals surface area contributed by atoms with Crippen LogP contribution in [0.2, 0.25) is 0 Å². The number of likely N-dealkylation sites (tertiary alicyclic amines) is 1. The molecule has 0 bridgehead atoms. The van der Waals surface area contributed by atoms with Gasteiger partial charge in [0.15, 0.2) is 19.0 Å². The Morgan fingerprint density at radius 1 is 1.12 bits per heavy atom. The zero-order valence-electron chi connectivity index (χ0n) is 14.6. The molecule has 1 aliphatic rings. The number of ether oxygens (including phenoxy) is 2. The Bertz CT molecular complexity index is 685. The molecule has 1 fully saturated rings. The number of nitrogens with two attached hydrogens (primary N) is 1. The van der Waals surface area contributed by atoms with Crippen LogP contribution in [0.5, 0.6) is 5.75 Å². The zero-order chi connectivity index (χ0) is 19.1. The van der Waals surface area contributed by atoms with Crippen molar-refractivity contribution in [2.45, 2.75) is 32.2 Å². The SMILES string of the molecule is CC(=O)c1ccc(OCC(=O)OCC(=O)N2CCCC[C@@H]2C(N)=O)cc1. The summed E-state index contributed by atoms with van der Waals surface area (Å²) >= 11 is 0. The molecule has 2 rings (SSSR count). The summed E-state index contributed by atoms with van der Waals surface area (Å²) in [6.45, 7) is 1.04. The minimum absolute atomic E-state index is 0.0681. The summed E-state index contributed by atoms with van der Waals surface area (Å²) in [5.41, 5.74) is 5.85. The van der Waals surface area contributed by atoms with Crippen molar-refractivity contribution in [1.82, 2.24) is 4.90 Å². The standard InChI is InChI=1S/C18H22N2O6/c1-12(21)13-5-7-14(8-6-13)25-11-17(23)26-10-16(22)20-9-3-2-4-15(20)18(19)24/h5-8,15H,2-4,9-11H2,1H3,(H2,19,24)/t15-/m1/s1. The van der Waals surface area contributed by atoms with E-state index in [1.54, 1.807) is 24.3 Å². The Morgan fingerprint density at radius 2 is 1.81 bits per heavy atom. The number of amides is 2. The third-order valence-corrected chi connectivity index (χ3v) is 4.13. The fraction of sp³-hybridized carbons (Fsp3) is 0.444. The smallest absolute Gasteiger partial charge is 0.344 e. The first-order chi connectivity index (χ1) is 12.4. The number of esters is 1. The lowest BCUT2D eigenvalue weighted by Gasteiger charge is -2.33. The number of hydrogen-bond acceptors (Lipinski definition) is 6. The second kappa shape index (κ2) is 8.98. The maximum atomic E-state index is 12.2. The maximum absolute atomic E-state index is 12.2. The van der Waals surface area contributed by atoms with Crippen LogP contribution < -0.4 is 10.5 Å². The van der Waals surface area contributed by atoms with E-state index in [1.165, 1.54) is 11.8 Å². The minimum atomic E-state index is -0.707. The van der Waals surface area contributed by atoms with Crippen molar-refractivity contribution in [2.75, 3.05) is 19.8 Å². The van der Waals surface area contributed by atoms with Gasteiger partial charge < -0.3 is 20.1 Å². The van der Waals surface area contributed by atoms with E-state index in [2.05, 4.69) is 0 Å². The molecule has 1 heterocycles. The van der Waals surface area contributed by atoms with E-state index in [0.29, 0.717) is 24.3 Å². The van der Waals surface area contributed by atoms with Crippen LogP contribution >= 0.6 is 0 Å². The summed E-state index contributed by atoms with van der Waals surface area (Å²) in [5.74, 6) is -1.37. The molecule has 1 saturated heterocycles. The molecule has 0 aromatic heterocycles. The van der Waals surface area contributed by atoms with Crippen LogP contribution in [-0.4, -0.2) is 54.3 Å². The van der Waals surface area contributed by atoms with Crippen molar-refractivity contribution in [3.8, 4) is 5.75 Å². The van der Waals surface area contributed by atoms with Gasteiger partial charge in [0.1, 0.15) is 11.8 Å². The van der Waals surface area contributed by atoms with E-state index in [9.17, 15) is 19.2 Å².